The largest absolute Gasteiger partial charge is 0.324 e. The second-order valence-corrected chi connectivity index (χ2v) is 8.79. The van der Waals surface area contributed by atoms with Gasteiger partial charge in [-0.2, -0.15) is 5.10 Å². The van der Waals surface area contributed by atoms with Crippen LogP contribution in [0, 0.1) is 0 Å². The van der Waals surface area contributed by atoms with Crippen molar-refractivity contribution in [2.45, 2.75) is 57.3 Å². The molecule has 1 atom stereocenters. The highest BCUT2D eigenvalue weighted by atomic mass is 16.2. The molecule has 10 heteroatoms. The molecular formula is C22H27N7O3. The molecule has 32 heavy (non-hydrogen) atoms. The van der Waals surface area contributed by atoms with Gasteiger partial charge < -0.3 is 10.6 Å². The molecule has 0 aliphatic carbocycles. The Morgan fingerprint density at radius 2 is 1.94 bits per heavy atom. The maximum Gasteiger partial charge on any atom is 0.255 e. The topological polar surface area (TPSA) is 137 Å². The van der Waals surface area contributed by atoms with Gasteiger partial charge in [0.2, 0.25) is 11.8 Å². The fraction of sp³-hybridized carbons (Fsp3) is 0.500. The average molecular weight is 438 g/mol. The van der Waals surface area contributed by atoms with Crippen LogP contribution >= 0.6 is 0 Å². The lowest BCUT2D eigenvalue weighted by molar-refractivity contribution is -0.136. The Kier molecular flexibility index (Phi) is 5.48. The Morgan fingerprint density at radius 3 is 2.66 bits per heavy atom. The Hall–Kier alpha value is -3.11. The average Bonchev–Trinajstić information content (AvgIpc) is 3.40. The number of nitrogens with zero attached hydrogens (tertiary/aromatic N) is 4. The van der Waals surface area contributed by atoms with E-state index in [4.69, 9.17) is 5.73 Å². The van der Waals surface area contributed by atoms with E-state index >= 15 is 0 Å². The van der Waals surface area contributed by atoms with E-state index in [1.54, 1.807) is 4.90 Å². The lowest BCUT2D eigenvalue weighted by Crippen LogP contribution is -2.52. The van der Waals surface area contributed by atoms with Crippen molar-refractivity contribution >= 4 is 17.7 Å². The molecule has 10 nitrogen and oxygen atoms in total. The molecule has 0 spiro atoms. The first-order valence-corrected chi connectivity index (χ1v) is 11.1. The summed E-state index contributed by atoms with van der Waals surface area (Å²) >= 11 is 0. The summed E-state index contributed by atoms with van der Waals surface area (Å²) in [6, 6.07) is 5.43. The van der Waals surface area contributed by atoms with Gasteiger partial charge in [0.25, 0.3) is 5.91 Å². The number of aromatic nitrogens is 3. The normalized spacial score (nSPS) is 22.3. The van der Waals surface area contributed by atoms with Gasteiger partial charge in [-0.3, -0.25) is 29.7 Å². The van der Waals surface area contributed by atoms with Gasteiger partial charge in [0.1, 0.15) is 11.9 Å². The van der Waals surface area contributed by atoms with E-state index in [0.717, 1.165) is 55.3 Å². The third-order valence-corrected chi connectivity index (χ3v) is 6.69. The molecule has 0 bridgehead atoms. The molecule has 2 fully saturated rings. The lowest BCUT2D eigenvalue weighted by Gasteiger charge is -2.30. The van der Waals surface area contributed by atoms with Crippen molar-refractivity contribution in [1.82, 2.24) is 30.3 Å². The lowest BCUT2D eigenvalue weighted by atomic mass is 9.95. The first-order valence-electron chi connectivity index (χ1n) is 11.1. The van der Waals surface area contributed by atoms with Crippen LogP contribution in [0.15, 0.2) is 18.2 Å². The number of carbonyl (C=O) groups is 3. The van der Waals surface area contributed by atoms with E-state index in [1.165, 1.54) is 0 Å². The van der Waals surface area contributed by atoms with Gasteiger partial charge in [0, 0.05) is 31.0 Å². The molecule has 3 amide bonds. The first kappa shape index (κ1) is 20.8. The predicted molar refractivity (Wildman–Crippen MR) is 114 cm³/mol. The van der Waals surface area contributed by atoms with E-state index in [-0.39, 0.29) is 24.1 Å². The Morgan fingerprint density at radius 1 is 1.12 bits per heavy atom. The number of imide groups is 1. The van der Waals surface area contributed by atoms with Crippen LogP contribution in [0.4, 0.5) is 0 Å². The minimum Gasteiger partial charge on any atom is -0.324 e. The summed E-state index contributed by atoms with van der Waals surface area (Å²) in [5, 5.41) is 9.53. The third kappa shape index (κ3) is 3.91. The van der Waals surface area contributed by atoms with Crippen molar-refractivity contribution in [3.8, 4) is 0 Å². The van der Waals surface area contributed by atoms with Gasteiger partial charge in [-0.15, -0.1) is 0 Å². The molecule has 4 heterocycles. The van der Waals surface area contributed by atoms with Crippen LogP contribution < -0.4 is 11.1 Å². The summed E-state index contributed by atoms with van der Waals surface area (Å²) in [6.45, 7) is 3.42. The van der Waals surface area contributed by atoms with Gasteiger partial charge in [-0.05, 0) is 49.5 Å². The summed E-state index contributed by atoms with van der Waals surface area (Å²) < 4.78 is 0. The smallest absolute Gasteiger partial charge is 0.255 e. The third-order valence-electron chi connectivity index (χ3n) is 6.69. The maximum atomic E-state index is 13.0. The minimum absolute atomic E-state index is 0.129. The van der Waals surface area contributed by atoms with Crippen molar-refractivity contribution in [2.75, 3.05) is 13.1 Å². The quantitative estimate of drug-likeness (QED) is 0.576. The minimum atomic E-state index is -0.578. The van der Waals surface area contributed by atoms with E-state index in [2.05, 4.69) is 31.5 Å². The molecule has 0 radical (unpaired) electrons. The molecule has 3 aliphatic rings. The molecule has 168 valence electrons. The van der Waals surface area contributed by atoms with Crippen LogP contribution in [0.2, 0.25) is 0 Å². The number of nitrogens with one attached hydrogen (secondary N) is 2. The highest BCUT2D eigenvalue weighted by molar-refractivity contribution is 6.05. The second kappa shape index (κ2) is 8.44. The number of benzene rings is 1. The molecule has 2 saturated heterocycles. The molecular weight excluding hydrogens is 410 g/mol. The van der Waals surface area contributed by atoms with Gasteiger partial charge in [0.15, 0.2) is 5.82 Å². The number of H-pyrrole nitrogens is 1. The molecule has 4 N–H and O–H groups in total. The van der Waals surface area contributed by atoms with Crippen molar-refractivity contribution in [1.29, 1.82) is 0 Å². The van der Waals surface area contributed by atoms with Gasteiger partial charge >= 0.3 is 0 Å². The molecule has 3 aliphatic heterocycles. The molecule has 1 aromatic heterocycles. The summed E-state index contributed by atoms with van der Waals surface area (Å²) in [7, 11) is 0. The Balaban J connectivity index is 1.21. The van der Waals surface area contributed by atoms with Crippen LogP contribution in [-0.2, 0) is 29.2 Å². The number of piperidine rings is 2. The van der Waals surface area contributed by atoms with Gasteiger partial charge in [0.05, 0.1) is 6.54 Å². The summed E-state index contributed by atoms with van der Waals surface area (Å²) in [6.07, 6.45) is 2.60. The van der Waals surface area contributed by atoms with Crippen molar-refractivity contribution < 1.29 is 14.4 Å². The number of nitrogens with two attached hydrogens (primary N) is 1. The molecule has 2 aromatic rings. The standard InChI is InChI=1S/C22H27N7O3/c23-10-18-24-20(27-26-18)14-5-7-28(8-6-14)11-13-1-2-15-12-29(22(32)16(15)9-13)17-3-4-19(30)25-21(17)31/h1-2,9,14,17H,3-8,10-12,23H2,(H,24,26,27)(H,25,30,31). The fourth-order valence-electron chi connectivity index (χ4n) is 4.89. The summed E-state index contributed by atoms with van der Waals surface area (Å²) in [4.78, 5) is 45.1. The van der Waals surface area contributed by atoms with Crippen LogP contribution in [0.5, 0.6) is 0 Å². The Labute approximate surface area is 185 Å². The number of rotatable bonds is 5. The van der Waals surface area contributed by atoms with Gasteiger partial charge in [-0.1, -0.05) is 12.1 Å². The molecule has 0 saturated carbocycles. The number of amides is 3. The van der Waals surface area contributed by atoms with E-state index in [9.17, 15) is 14.4 Å². The number of fused-ring (bicyclic) bond motifs is 1. The number of carbonyl (C=O) groups excluding carboxylic acids is 3. The van der Waals surface area contributed by atoms with E-state index < -0.39 is 6.04 Å². The highest BCUT2D eigenvalue weighted by Gasteiger charge is 2.39. The monoisotopic (exact) mass is 437 g/mol. The van der Waals surface area contributed by atoms with E-state index in [1.807, 2.05) is 12.1 Å². The van der Waals surface area contributed by atoms with Crippen LogP contribution in [0.3, 0.4) is 0 Å². The SMILES string of the molecule is NCc1nc(C2CCN(Cc3ccc4c(c3)C(=O)N(C3CCC(=O)NC3=O)C4)CC2)n[nH]1. The number of hydrogen-bond donors (Lipinski definition) is 3. The van der Waals surface area contributed by atoms with Crippen molar-refractivity contribution in [3.63, 3.8) is 0 Å². The molecule has 5 rings (SSSR count). The molecule has 1 aromatic carbocycles. The second-order valence-electron chi connectivity index (χ2n) is 8.79. The zero-order chi connectivity index (χ0) is 22.2. The first-order chi connectivity index (χ1) is 15.5. The number of aromatic amines is 1. The van der Waals surface area contributed by atoms with E-state index in [0.29, 0.717) is 31.0 Å². The summed E-state index contributed by atoms with van der Waals surface area (Å²) in [5.41, 5.74) is 8.29. The summed E-state index contributed by atoms with van der Waals surface area (Å²) in [5.74, 6) is 1.13. The number of hydrogen-bond acceptors (Lipinski definition) is 7. The zero-order valence-electron chi connectivity index (χ0n) is 17.8. The highest BCUT2D eigenvalue weighted by Crippen LogP contribution is 2.30. The number of likely N-dealkylation sites (tertiary alicyclic amines) is 1. The fourth-order valence-corrected chi connectivity index (χ4v) is 4.89. The van der Waals surface area contributed by atoms with Crippen molar-refractivity contribution in [3.05, 3.63) is 46.5 Å². The molecule has 1 unspecified atom stereocenters. The van der Waals surface area contributed by atoms with Crippen LogP contribution in [0.25, 0.3) is 0 Å². The van der Waals surface area contributed by atoms with Crippen LogP contribution in [-0.4, -0.2) is 61.8 Å². The predicted octanol–water partition coefficient (Wildman–Crippen LogP) is 0.404. The maximum absolute atomic E-state index is 13.0. The van der Waals surface area contributed by atoms with Crippen LogP contribution in [0.1, 0.15) is 64.7 Å². The van der Waals surface area contributed by atoms with Gasteiger partial charge in [-0.25, -0.2) is 4.98 Å². The Bertz CT molecular complexity index is 1060. The van der Waals surface area contributed by atoms with Crippen molar-refractivity contribution in [2.24, 2.45) is 5.73 Å². The zero-order valence-corrected chi connectivity index (χ0v) is 17.8.